The van der Waals surface area contributed by atoms with E-state index in [1.54, 1.807) is 0 Å². The number of hydrogen-bond acceptors (Lipinski definition) is 4. The molecule has 0 radical (unpaired) electrons. The highest BCUT2D eigenvalue weighted by molar-refractivity contribution is 5.02. The highest BCUT2D eigenvalue weighted by atomic mass is 15.3. The summed E-state index contributed by atoms with van der Waals surface area (Å²) in [6, 6.07) is 6.72. The van der Waals surface area contributed by atoms with Gasteiger partial charge in [0.05, 0.1) is 5.69 Å². The molecule has 2 heterocycles. The molecule has 0 aliphatic carbocycles. The molecule has 18 heavy (non-hydrogen) atoms. The number of pyridine rings is 1. The Balaban J connectivity index is 1.61. The maximum atomic E-state index is 4.30. The number of nitrogens with one attached hydrogen (secondary N) is 1. The number of likely N-dealkylation sites (N-methyl/N-ethyl adjacent to an activating group) is 1. The Morgan fingerprint density at radius 2 is 2.28 bits per heavy atom. The summed E-state index contributed by atoms with van der Waals surface area (Å²) in [4.78, 5) is 9.27. The Hall–Kier alpha value is -0.970. The lowest BCUT2D eigenvalue weighted by Crippen LogP contribution is -2.51. The van der Waals surface area contributed by atoms with Crippen molar-refractivity contribution in [1.29, 1.82) is 0 Å². The molecule has 1 saturated heterocycles. The van der Waals surface area contributed by atoms with Gasteiger partial charge in [0.2, 0.25) is 0 Å². The second-order valence-electron chi connectivity index (χ2n) is 5.13. The fourth-order valence-electron chi connectivity index (χ4n) is 2.28. The molecule has 1 aromatic heterocycles. The van der Waals surface area contributed by atoms with Crippen molar-refractivity contribution in [2.24, 2.45) is 0 Å². The summed E-state index contributed by atoms with van der Waals surface area (Å²) in [5, 5.41) is 3.46. The van der Waals surface area contributed by atoms with Crippen LogP contribution in [0.4, 0.5) is 0 Å². The first-order chi connectivity index (χ1) is 8.75. The molecule has 0 amide bonds. The van der Waals surface area contributed by atoms with Crippen molar-refractivity contribution in [3.8, 4) is 0 Å². The summed E-state index contributed by atoms with van der Waals surface area (Å²) in [7, 11) is 2.21. The quantitative estimate of drug-likeness (QED) is 0.781. The fourth-order valence-corrected chi connectivity index (χ4v) is 2.28. The molecule has 1 aliphatic heterocycles. The Morgan fingerprint density at radius 1 is 1.39 bits per heavy atom. The molecule has 1 fully saturated rings. The van der Waals surface area contributed by atoms with Crippen LogP contribution >= 0.6 is 0 Å². The third-order valence-electron chi connectivity index (χ3n) is 3.68. The minimum atomic E-state index is 0.676. The summed E-state index contributed by atoms with van der Waals surface area (Å²) in [5.74, 6) is 0. The molecule has 1 N–H and O–H groups in total. The predicted molar refractivity (Wildman–Crippen MR) is 74.5 cm³/mol. The van der Waals surface area contributed by atoms with Crippen molar-refractivity contribution in [2.45, 2.75) is 19.5 Å². The van der Waals surface area contributed by atoms with Gasteiger partial charge in [-0.05, 0) is 26.1 Å². The van der Waals surface area contributed by atoms with Crippen LogP contribution in [-0.2, 0) is 6.54 Å². The maximum Gasteiger partial charge on any atom is 0.0541 e. The van der Waals surface area contributed by atoms with Crippen LogP contribution in [0, 0.1) is 0 Å². The van der Waals surface area contributed by atoms with Gasteiger partial charge in [0.25, 0.3) is 0 Å². The van der Waals surface area contributed by atoms with E-state index in [0.29, 0.717) is 6.04 Å². The first-order valence-corrected chi connectivity index (χ1v) is 6.79. The summed E-state index contributed by atoms with van der Waals surface area (Å²) < 4.78 is 0. The molecule has 1 unspecified atom stereocenters. The topological polar surface area (TPSA) is 31.4 Å². The van der Waals surface area contributed by atoms with Gasteiger partial charge in [-0.25, -0.2) is 0 Å². The van der Waals surface area contributed by atoms with Crippen LogP contribution in [0.15, 0.2) is 24.4 Å². The first-order valence-electron chi connectivity index (χ1n) is 6.79. The third kappa shape index (κ3) is 4.05. The molecule has 0 saturated carbocycles. The second-order valence-corrected chi connectivity index (χ2v) is 5.13. The SMILES string of the molecule is CC1CN(CCNCc2ccccn2)CCN1C. The van der Waals surface area contributed by atoms with Gasteiger partial charge in [-0.1, -0.05) is 6.07 Å². The van der Waals surface area contributed by atoms with Gasteiger partial charge in [-0.3, -0.25) is 9.88 Å². The Bertz CT molecular complexity index is 341. The van der Waals surface area contributed by atoms with Crippen molar-refractivity contribution >= 4 is 0 Å². The van der Waals surface area contributed by atoms with E-state index < -0.39 is 0 Å². The number of nitrogens with zero attached hydrogens (tertiary/aromatic N) is 3. The second kappa shape index (κ2) is 6.83. The molecule has 4 heteroatoms. The zero-order valence-electron chi connectivity index (χ0n) is 11.5. The van der Waals surface area contributed by atoms with Crippen LogP contribution in [0.5, 0.6) is 0 Å². The van der Waals surface area contributed by atoms with E-state index in [-0.39, 0.29) is 0 Å². The molecule has 0 spiro atoms. The normalized spacial score (nSPS) is 22.2. The lowest BCUT2D eigenvalue weighted by atomic mass is 10.2. The van der Waals surface area contributed by atoms with Crippen molar-refractivity contribution in [1.82, 2.24) is 20.1 Å². The van der Waals surface area contributed by atoms with E-state index in [9.17, 15) is 0 Å². The average molecular weight is 248 g/mol. The van der Waals surface area contributed by atoms with Crippen LogP contribution < -0.4 is 5.32 Å². The van der Waals surface area contributed by atoms with E-state index in [4.69, 9.17) is 0 Å². The molecule has 1 aromatic rings. The van der Waals surface area contributed by atoms with E-state index in [1.165, 1.54) is 19.6 Å². The van der Waals surface area contributed by atoms with Crippen LogP contribution in [0.1, 0.15) is 12.6 Å². The van der Waals surface area contributed by atoms with E-state index in [0.717, 1.165) is 25.3 Å². The van der Waals surface area contributed by atoms with Crippen molar-refractivity contribution in [3.05, 3.63) is 30.1 Å². The minimum Gasteiger partial charge on any atom is -0.310 e. The van der Waals surface area contributed by atoms with Crippen LogP contribution in [-0.4, -0.2) is 60.6 Å². The van der Waals surface area contributed by atoms with Gasteiger partial charge >= 0.3 is 0 Å². The maximum absolute atomic E-state index is 4.30. The molecule has 0 bridgehead atoms. The van der Waals surface area contributed by atoms with Crippen molar-refractivity contribution in [3.63, 3.8) is 0 Å². The number of rotatable bonds is 5. The minimum absolute atomic E-state index is 0.676. The third-order valence-corrected chi connectivity index (χ3v) is 3.68. The predicted octanol–water partition coefficient (Wildman–Crippen LogP) is 0.807. The number of aromatic nitrogens is 1. The molecular formula is C14H24N4. The van der Waals surface area contributed by atoms with Gasteiger partial charge in [-0.15, -0.1) is 0 Å². The van der Waals surface area contributed by atoms with Gasteiger partial charge in [-0.2, -0.15) is 0 Å². The molecule has 0 aromatic carbocycles. The van der Waals surface area contributed by atoms with Crippen LogP contribution in [0.25, 0.3) is 0 Å². The highest BCUT2D eigenvalue weighted by Gasteiger charge is 2.19. The highest BCUT2D eigenvalue weighted by Crippen LogP contribution is 2.05. The van der Waals surface area contributed by atoms with E-state index in [1.807, 2.05) is 18.3 Å². The Morgan fingerprint density at radius 3 is 3.00 bits per heavy atom. The monoisotopic (exact) mass is 248 g/mol. The zero-order chi connectivity index (χ0) is 12.8. The number of piperazine rings is 1. The summed E-state index contributed by atoms with van der Waals surface area (Å²) in [6.07, 6.45) is 1.85. The van der Waals surface area contributed by atoms with E-state index in [2.05, 4.69) is 40.1 Å². The lowest BCUT2D eigenvalue weighted by molar-refractivity contribution is 0.106. The van der Waals surface area contributed by atoms with Crippen LogP contribution in [0.2, 0.25) is 0 Å². The Kier molecular flexibility index (Phi) is 5.11. The zero-order valence-corrected chi connectivity index (χ0v) is 11.5. The van der Waals surface area contributed by atoms with Crippen molar-refractivity contribution in [2.75, 3.05) is 39.8 Å². The molecule has 4 nitrogen and oxygen atoms in total. The standard InChI is InChI=1S/C14H24N4/c1-13-12-18(10-9-17(13)2)8-7-15-11-14-5-3-4-6-16-14/h3-6,13,15H,7-12H2,1-2H3. The summed E-state index contributed by atoms with van der Waals surface area (Å²) in [6.45, 7) is 8.88. The molecule has 2 rings (SSSR count). The largest absolute Gasteiger partial charge is 0.310 e. The van der Waals surface area contributed by atoms with E-state index >= 15 is 0 Å². The van der Waals surface area contributed by atoms with Crippen LogP contribution in [0.3, 0.4) is 0 Å². The molecule has 1 atom stereocenters. The average Bonchev–Trinajstić information content (AvgIpc) is 2.40. The lowest BCUT2D eigenvalue weighted by Gasteiger charge is -2.37. The smallest absolute Gasteiger partial charge is 0.0541 e. The fraction of sp³-hybridized carbons (Fsp3) is 0.643. The molecule has 1 aliphatic rings. The summed E-state index contributed by atoms with van der Waals surface area (Å²) >= 11 is 0. The van der Waals surface area contributed by atoms with Gasteiger partial charge in [0, 0.05) is 51.5 Å². The molecular weight excluding hydrogens is 224 g/mol. The van der Waals surface area contributed by atoms with Gasteiger partial charge < -0.3 is 10.2 Å². The Labute approximate surface area is 110 Å². The number of hydrogen-bond donors (Lipinski definition) is 1. The van der Waals surface area contributed by atoms with Gasteiger partial charge in [0.15, 0.2) is 0 Å². The summed E-state index contributed by atoms with van der Waals surface area (Å²) in [5.41, 5.74) is 1.12. The molecule has 100 valence electrons. The van der Waals surface area contributed by atoms with Crippen molar-refractivity contribution < 1.29 is 0 Å². The van der Waals surface area contributed by atoms with Gasteiger partial charge in [0.1, 0.15) is 0 Å². The first kappa shape index (κ1) is 13.5.